The standard InChI is InChI=1S/C19H23N3O2S2/c1-13-4-7-15(8-5-13)11-26-12-18(23)21-22-19(25)20-16-10-14(2)6-9-17(16)24-3/h4-10H,11-12H2,1-3H3,(H,21,23)(H2,20,22,25). The Morgan fingerprint density at radius 2 is 1.77 bits per heavy atom. The van der Waals surface area contributed by atoms with Crippen LogP contribution in [0.3, 0.4) is 0 Å². The van der Waals surface area contributed by atoms with Crippen molar-refractivity contribution in [2.75, 3.05) is 18.2 Å². The molecule has 0 radical (unpaired) electrons. The number of rotatable bonds is 6. The van der Waals surface area contributed by atoms with Crippen molar-refractivity contribution in [3.63, 3.8) is 0 Å². The third-order valence-electron chi connectivity index (χ3n) is 3.54. The molecule has 2 aromatic carbocycles. The van der Waals surface area contributed by atoms with Gasteiger partial charge < -0.3 is 10.1 Å². The summed E-state index contributed by atoms with van der Waals surface area (Å²) in [6.07, 6.45) is 0. The van der Waals surface area contributed by atoms with Crippen molar-refractivity contribution in [3.05, 3.63) is 59.2 Å². The molecule has 0 bridgehead atoms. The van der Waals surface area contributed by atoms with Crippen molar-refractivity contribution in [2.24, 2.45) is 0 Å². The van der Waals surface area contributed by atoms with Crippen LogP contribution in [-0.4, -0.2) is 23.9 Å². The maximum atomic E-state index is 11.9. The lowest BCUT2D eigenvalue weighted by Gasteiger charge is -2.14. The van der Waals surface area contributed by atoms with Crippen LogP contribution in [0.5, 0.6) is 5.75 Å². The molecule has 5 nitrogen and oxygen atoms in total. The first kappa shape index (κ1) is 20.1. The molecule has 0 atom stereocenters. The number of thioether (sulfide) groups is 1. The van der Waals surface area contributed by atoms with Crippen molar-refractivity contribution in [2.45, 2.75) is 19.6 Å². The minimum absolute atomic E-state index is 0.137. The van der Waals surface area contributed by atoms with Crippen molar-refractivity contribution >= 4 is 40.7 Å². The van der Waals surface area contributed by atoms with Crippen LogP contribution < -0.4 is 20.9 Å². The predicted octanol–water partition coefficient (Wildman–Crippen LogP) is 3.56. The van der Waals surface area contributed by atoms with Gasteiger partial charge in [-0.25, -0.2) is 0 Å². The highest BCUT2D eigenvalue weighted by molar-refractivity contribution is 7.99. The average molecular weight is 390 g/mol. The van der Waals surface area contributed by atoms with Crippen LogP contribution >= 0.6 is 24.0 Å². The number of hydrazine groups is 1. The molecule has 0 aromatic heterocycles. The zero-order valence-corrected chi connectivity index (χ0v) is 16.7. The molecule has 0 fully saturated rings. The molecule has 7 heteroatoms. The van der Waals surface area contributed by atoms with Crippen molar-refractivity contribution in [3.8, 4) is 5.75 Å². The van der Waals surface area contributed by atoms with Crippen LogP contribution in [0.2, 0.25) is 0 Å². The van der Waals surface area contributed by atoms with E-state index in [-0.39, 0.29) is 5.91 Å². The van der Waals surface area contributed by atoms with Gasteiger partial charge >= 0.3 is 0 Å². The molecule has 0 aliphatic heterocycles. The van der Waals surface area contributed by atoms with E-state index in [1.54, 1.807) is 18.9 Å². The number of anilines is 1. The fourth-order valence-electron chi connectivity index (χ4n) is 2.18. The highest BCUT2D eigenvalue weighted by Crippen LogP contribution is 2.24. The second-order valence-corrected chi connectivity index (χ2v) is 7.20. The van der Waals surface area contributed by atoms with Gasteiger partial charge in [0.2, 0.25) is 5.91 Å². The minimum Gasteiger partial charge on any atom is -0.495 e. The van der Waals surface area contributed by atoms with E-state index in [9.17, 15) is 4.79 Å². The SMILES string of the molecule is COc1ccc(C)cc1NC(=S)NNC(=O)CSCc1ccc(C)cc1. The smallest absolute Gasteiger partial charge is 0.248 e. The second-order valence-electron chi connectivity index (χ2n) is 5.81. The molecule has 3 N–H and O–H groups in total. The number of benzene rings is 2. The maximum absolute atomic E-state index is 11.9. The van der Waals surface area contributed by atoms with E-state index < -0.39 is 0 Å². The summed E-state index contributed by atoms with van der Waals surface area (Å²) < 4.78 is 5.29. The summed E-state index contributed by atoms with van der Waals surface area (Å²) >= 11 is 6.76. The van der Waals surface area contributed by atoms with Gasteiger partial charge in [-0.05, 0) is 49.3 Å². The number of aryl methyl sites for hydroxylation is 2. The Bertz CT molecular complexity index is 764. The lowest BCUT2D eigenvalue weighted by molar-refractivity contribution is -0.119. The predicted molar refractivity (Wildman–Crippen MR) is 113 cm³/mol. The number of thiocarbonyl (C=S) groups is 1. The fraction of sp³-hybridized carbons (Fsp3) is 0.263. The van der Waals surface area contributed by atoms with Crippen molar-refractivity contribution in [1.29, 1.82) is 0 Å². The lowest BCUT2D eigenvalue weighted by atomic mass is 10.2. The Morgan fingerprint density at radius 1 is 1.08 bits per heavy atom. The number of carbonyl (C=O) groups excluding carboxylic acids is 1. The van der Waals surface area contributed by atoms with Gasteiger partial charge in [-0.2, -0.15) is 0 Å². The van der Waals surface area contributed by atoms with Gasteiger partial charge in [-0.3, -0.25) is 15.6 Å². The Balaban J connectivity index is 1.72. The molecule has 0 saturated carbocycles. The first-order chi connectivity index (χ1) is 12.5. The van der Waals surface area contributed by atoms with Crippen LogP contribution in [0.1, 0.15) is 16.7 Å². The highest BCUT2D eigenvalue weighted by Gasteiger charge is 2.07. The lowest BCUT2D eigenvalue weighted by Crippen LogP contribution is -2.44. The summed E-state index contributed by atoms with van der Waals surface area (Å²) in [5.41, 5.74) is 9.55. The Hall–Kier alpha value is -2.25. The topological polar surface area (TPSA) is 62.4 Å². The van der Waals surface area contributed by atoms with E-state index in [1.165, 1.54) is 11.1 Å². The third kappa shape index (κ3) is 6.57. The van der Waals surface area contributed by atoms with Gasteiger partial charge in [0.15, 0.2) is 5.11 Å². The molecule has 0 spiro atoms. The molecule has 1 amide bonds. The van der Waals surface area contributed by atoms with Crippen LogP contribution in [0.4, 0.5) is 5.69 Å². The molecule has 0 aliphatic carbocycles. The van der Waals surface area contributed by atoms with Gasteiger partial charge in [0.05, 0.1) is 18.6 Å². The van der Waals surface area contributed by atoms with Crippen LogP contribution in [0.15, 0.2) is 42.5 Å². The number of amides is 1. The van der Waals surface area contributed by atoms with E-state index in [2.05, 4.69) is 47.4 Å². The molecule has 138 valence electrons. The summed E-state index contributed by atoms with van der Waals surface area (Å²) in [7, 11) is 1.60. The van der Waals surface area contributed by atoms with Crippen molar-refractivity contribution in [1.82, 2.24) is 10.9 Å². The van der Waals surface area contributed by atoms with E-state index in [4.69, 9.17) is 17.0 Å². The zero-order chi connectivity index (χ0) is 18.9. The second kappa shape index (κ2) is 10.0. The third-order valence-corrected chi connectivity index (χ3v) is 4.75. The number of hydrogen-bond acceptors (Lipinski definition) is 4. The molecule has 26 heavy (non-hydrogen) atoms. The monoisotopic (exact) mass is 389 g/mol. The zero-order valence-electron chi connectivity index (χ0n) is 15.1. The van der Waals surface area contributed by atoms with Crippen molar-refractivity contribution < 1.29 is 9.53 Å². The number of nitrogens with one attached hydrogen (secondary N) is 3. The average Bonchev–Trinajstić information content (AvgIpc) is 2.62. The van der Waals surface area contributed by atoms with Gasteiger partial charge in [-0.1, -0.05) is 35.9 Å². The van der Waals surface area contributed by atoms with Crippen LogP contribution in [0, 0.1) is 13.8 Å². The molecule has 0 unspecified atom stereocenters. The minimum atomic E-state index is -0.137. The molecule has 2 aromatic rings. The normalized spacial score (nSPS) is 10.1. The summed E-state index contributed by atoms with van der Waals surface area (Å²) in [6, 6.07) is 14.0. The largest absolute Gasteiger partial charge is 0.495 e. The van der Waals surface area contributed by atoms with E-state index in [1.807, 2.05) is 25.1 Å². The summed E-state index contributed by atoms with van der Waals surface area (Å²) in [4.78, 5) is 11.9. The van der Waals surface area contributed by atoms with Crippen LogP contribution in [-0.2, 0) is 10.5 Å². The van der Waals surface area contributed by atoms with E-state index >= 15 is 0 Å². The van der Waals surface area contributed by atoms with Gasteiger partial charge in [0, 0.05) is 5.75 Å². The Morgan fingerprint density at radius 3 is 2.46 bits per heavy atom. The first-order valence-electron chi connectivity index (χ1n) is 8.11. The molecule has 2 rings (SSSR count). The van der Waals surface area contributed by atoms with E-state index in [0.717, 1.165) is 17.0 Å². The molecule has 0 saturated heterocycles. The van der Waals surface area contributed by atoms with Crippen LogP contribution in [0.25, 0.3) is 0 Å². The Kier molecular flexibility index (Phi) is 7.74. The number of ether oxygens (including phenoxy) is 1. The fourth-order valence-corrected chi connectivity index (χ4v) is 3.13. The van der Waals surface area contributed by atoms with E-state index in [0.29, 0.717) is 16.6 Å². The first-order valence-corrected chi connectivity index (χ1v) is 9.68. The van der Waals surface area contributed by atoms with Gasteiger partial charge in [0.1, 0.15) is 5.75 Å². The summed E-state index contributed by atoms with van der Waals surface area (Å²) in [5.74, 6) is 1.68. The Labute approximate surface area is 163 Å². The molecular weight excluding hydrogens is 366 g/mol. The number of hydrogen-bond donors (Lipinski definition) is 3. The maximum Gasteiger partial charge on any atom is 0.248 e. The highest BCUT2D eigenvalue weighted by atomic mass is 32.2. The number of carbonyl (C=O) groups is 1. The molecule has 0 heterocycles. The van der Waals surface area contributed by atoms with Gasteiger partial charge in [-0.15, -0.1) is 11.8 Å². The van der Waals surface area contributed by atoms with Gasteiger partial charge in [0.25, 0.3) is 0 Å². The summed E-state index contributed by atoms with van der Waals surface area (Å²) in [5, 5.41) is 3.32. The molecule has 0 aliphatic rings. The quantitative estimate of drug-likeness (QED) is 0.519. The molecular formula is C19H23N3O2S2. The summed E-state index contributed by atoms with van der Waals surface area (Å²) in [6.45, 7) is 4.04. The number of methoxy groups -OCH3 is 1.